The summed E-state index contributed by atoms with van der Waals surface area (Å²) in [5.74, 6) is -0.360. The zero-order valence-electron chi connectivity index (χ0n) is 7.67. The largest absolute Gasteiger partial charge is 0.461 e. The molecule has 5 nitrogen and oxygen atoms in total. The van der Waals surface area contributed by atoms with Gasteiger partial charge in [-0.3, -0.25) is 9.78 Å². The van der Waals surface area contributed by atoms with Gasteiger partial charge in [0.15, 0.2) is 0 Å². The zero-order valence-corrected chi connectivity index (χ0v) is 7.67. The highest BCUT2D eigenvalue weighted by Crippen LogP contribution is 2.04. The number of aromatic nitrogens is 1. The lowest BCUT2D eigenvalue weighted by atomic mass is 10.2. The maximum absolute atomic E-state index is 10.6. The molecule has 0 aliphatic carbocycles. The Bertz CT molecular complexity index is 350. The second-order valence-corrected chi connectivity index (χ2v) is 2.57. The molecular weight excluding hydrogens is 184 g/mol. The molecule has 14 heavy (non-hydrogen) atoms. The molecule has 0 radical (unpaired) electrons. The molecule has 1 heterocycles. The first-order valence-electron chi connectivity index (χ1n) is 3.98. The second kappa shape index (κ2) is 4.96. The summed E-state index contributed by atoms with van der Waals surface area (Å²) in [5, 5.41) is 11.2. The summed E-state index contributed by atoms with van der Waals surface area (Å²) in [5.41, 5.74) is 1.18. The van der Waals surface area contributed by atoms with Crippen LogP contribution in [-0.2, 0) is 16.1 Å². The van der Waals surface area contributed by atoms with Crippen molar-refractivity contribution in [3.05, 3.63) is 29.6 Å². The lowest BCUT2D eigenvalue weighted by Crippen LogP contribution is -2.03. The van der Waals surface area contributed by atoms with Crippen LogP contribution in [0.2, 0.25) is 0 Å². The zero-order chi connectivity index (χ0) is 10.4. The van der Waals surface area contributed by atoms with Crippen molar-refractivity contribution in [3.8, 4) is 0 Å². The molecule has 0 saturated heterocycles. The molecule has 1 N–H and O–H groups in total. The van der Waals surface area contributed by atoms with Crippen molar-refractivity contribution in [3.63, 3.8) is 0 Å². The molecule has 1 aromatic heterocycles. The van der Waals surface area contributed by atoms with Gasteiger partial charge in [-0.05, 0) is 6.07 Å². The summed E-state index contributed by atoms with van der Waals surface area (Å²) in [6.45, 7) is 1.46. The maximum Gasteiger partial charge on any atom is 0.302 e. The van der Waals surface area contributed by atoms with Gasteiger partial charge in [-0.2, -0.15) is 0 Å². The van der Waals surface area contributed by atoms with Gasteiger partial charge in [-0.25, -0.2) is 0 Å². The molecule has 0 unspecified atom stereocenters. The van der Waals surface area contributed by atoms with Gasteiger partial charge < -0.3 is 9.94 Å². The van der Waals surface area contributed by atoms with Gasteiger partial charge in [0, 0.05) is 18.7 Å². The number of oxime groups is 1. The smallest absolute Gasteiger partial charge is 0.302 e. The van der Waals surface area contributed by atoms with E-state index in [0.717, 1.165) is 0 Å². The number of hydrogen-bond acceptors (Lipinski definition) is 5. The van der Waals surface area contributed by atoms with Crippen molar-refractivity contribution in [1.29, 1.82) is 0 Å². The Morgan fingerprint density at radius 2 is 2.57 bits per heavy atom. The van der Waals surface area contributed by atoms with Gasteiger partial charge >= 0.3 is 5.97 Å². The average molecular weight is 194 g/mol. The molecule has 0 atom stereocenters. The van der Waals surface area contributed by atoms with Crippen molar-refractivity contribution in [2.45, 2.75) is 13.5 Å². The summed E-state index contributed by atoms with van der Waals surface area (Å²) in [6.07, 6.45) is 2.76. The predicted molar refractivity (Wildman–Crippen MR) is 49.1 cm³/mol. The number of pyridine rings is 1. The van der Waals surface area contributed by atoms with Crippen LogP contribution in [0.25, 0.3) is 0 Å². The third-order valence-electron chi connectivity index (χ3n) is 1.54. The Labute approximate surface area is 81.0 Å². The quantitative estimate of drug-likeness (QED) is 0.336. The van der Waals surface area contributed by atoms with Crippen LogP contribution in [0.15, 0.2) is 23.5 Å². The van der Waals surface area contributed by atoms with Crippen LogP contribution in [0.4, 0.5) is 0 Å². The highest BCUT2D eigenvalue weighted by molar-refractivity contribution is 5.78. The van der Waals surface area contributed by atoms with Crippen molar-refractivity contribution < 1.29 is 14.7 Å². The summed E-state index contributed by atoms with van der Waals surface area (Å²) < 4.78 is 4.79. The molecule has 0 aliphatic heterocycles. The third kappa shape index (κ3) is 2.85. The number of carbonyl (C=O) groups excluding carboxylic acids is 1. The van der Waals surface area contributed by atoms with Crippen molar-refractivity contribution in [2.75, 3.05) is 0 Å². The van der Waals surface area contributed by atoms with Gasteiger partial charge in [-0.1, -0.05) is 11.2 Å². The first-order valence-corrected chi connectivity index (χ1v) is 3.98. The van der Waals surface area contributed by atoms with E-state index in [2.05, 4.69) is 10.1 Å². The predicted octanol–water partition coefficient (Wildman–Crippen LogP) is 0.953. The number of rotatable bonds is 3. The third-order valence-corrected chi connectivity index (χ3v) is 1.54. The molecule has 74 valence electrons. The minimum atomic E-state index is -0.360. The topological polar surface area (TPSA) is 71.8 Å². The van der Waals surface area contributed by atoms with E-state index >= 15 is 0 Å². The van der Waals surface area contributed by atoms with Crippen LogP contribution in [0.1, 0.15) is 18.2 Å². The highest BCUT2D eigenvalue weighted by atomic mass is 16.5. The maximum atomic E-state index is 10.6. The fourth-order valence-electron chi connectivity index (χ4n) is 0.923. The number of nitrogens with zero attached hydrogens (tertiary/aromatic N) is 2. The van der Waals surface area contributed by atoms with Crippen molar-refractivity contribution >= 4 is 12.2 Å². The van der Waals surface area contributed by atoms with Crippen LogP contribution < -0.4 is 0 Å². The molecule has 1 rings (SSSR count). The Morgan fingerprint density at radius 1 is 1.79 bits per heavy atom. The number of ether oxygens (including phenoxy) is 1. The standard InChI is InChI=1S/C9H10N2O3/c1-7(12)14-6-8-3-2-4-10-9(8)5-11-13/h2-5,13H,6H2,1H3/b11-5+. The molecule has 0 aromatic carbocycles. The van der Waals surface area contributed by atoms with Crippen molar-refractivity contribution in [1.82, 2.24) is 4.98 Å². The number of carbonyl (C=O) groups is 1. The van der Waals surface area contributed by atoms with Crippen LogP contribution in [-0.4, -0.2) is 22.4 Å². The fraction of sp³-hybridized carbons (Fsp3) is 0.222. The molecule has 0 aliphatic rings. The van der Waals surface area contributed by atoms with Gasteiger partial charge in [0.1, 0.15) is 6.61 Å². The molecule has 0 amide bonds. The average Bonchev–Trinajstić information content (AvgIpc) is 2.17. The first kappa shape index (κ1) is 10.2. The van der Waals surface area contributed by atoms with E-state index in [1.54, 1.807) is 18.3 Å². The Morgan fingerprint density at radius 3 is 3.21 bits per heavy atom. The van der Waals surface area contributed by atoms with Crippen molar-refractivity contribution in [2.24, 2.45) is 5.16 Å². The van der Waals surface area contributed by atoms with Gasteiger partial charge in [0.25, 0.3) is 0 Å². The number of esters is 1. The van der Waals surface area contributed by atoms with E-state index in [1.165, 1.54) is 13.1 Å². The lowest BCUT2D eigenvalue weighted by Gasteiger charge is -2.03. The van der Waals surface area contributed by atoms with E-state index in [9.17, 15) is 4.79 Å². The molecular formula is C9H10N2O3. The molecule has 0 saturated carbocycles. The SMILES string of the molecule is CC(=O)OCc1cccnc1/C=N/O. The minimum Gasteiger partial charge on any atom is -0.461 e. The summed E-state index contributed by atoms with van der Waals surface area (Å²) in [6, 6.07) is 3.46. The fourth-order valence-corrected chi connectivity index (χ4v) is 0.923. The molecule has 0 bridgehead atoms. The summed E-state index contributed by atoms with van der Waals surface area (Å²) in [7, 11) is 0. The van der Waals surface area contributed by atoms with E-state index in [4.69, 9.17) is 9.94 Å². The highest BCUT2D eigenvalue weighted by Gasteiger charge is 2.02. The second-order valence-electron chi connectivity index (χ2n) is 2.57. The van der Waals surface area contributed by atoms with Crippen LogP contribution >= 0.6 is 0 Å². The molecule has 0 spiro atoms. The lowest BCUT2D eigenvalue weighted by molar-refractivity contribution is -0.142. The van der Waals surface area contributed by atoms with E-state index in [0.29, 0.717) is 11.3 Å². The van der Waals surface area contributed by atoms with Gasteiger partial charge in [0.05, 0.1) is 11.9 Å². The normalized spacial score (nSPS) is 10.4. The Hall–Kier alpha value is -1.91. The van der Waals surface area contributed by atoms with E-state index < -0.39 is 0 Å². The molecule has 5 heteroatoms. The first-order chi connectivity index (χ1) is 6.74. The Kier molecular flexibility index (Phi) is 3.60. The Balaban J connectivity index is 2.79. The molecule has 0 fully saturated rings. The minimum absolute atomic E-state index is 0.129. The van der Waals surface area contributed by atoms with Crippen LogP contribution in [0.5, 0.6) is 0 Å². The van der Waals surface area contributed by atoms with E-state index in [1.807, 2.05) is 0 Å². The van der Waals surface area contributed by atoms with Crippen LogP contribution in [0.3, 0.4) is 0 Å². The van der Waals surface area contributed by atoms with Gasteiger partial charge in [0.2, 0.25) is 0 Å². The summed E-state index contributed by atoms with van der Waals surface area (Å²) in [4.78, 5) is 14.5. The monoisotopic (exact) mass is 194 g/mol. The van der Waals surface area contributed by atoms with E-state index in [-0.39, 0.29) is 12.6 Å². The number of hydrogen-bond donors (Lipinski definition) is 1. The molecule has 1 aromatic rings. The van der Waals surface area contributed by atoms with Gasteiger partial charge in [-0.15, -0.1) is 0 Å². The van der Waals surface area contributed by atoms with Crippen LogP contribution in [0, 0.1) is 0 Å². The summed E-state index contributed by atoms with van der Waals surface area (Å²) >= 11 is 0.